The highest BCUT2D eigenvalue weighted by Gasteiger charge is 2.16. The lowest BCUT2D eigenvalue weighted by Crippen LogP contribution is -2.31. The molecule has 0 aliphatic carbocycles. The van der Waals surface area contributed by atoms with Gasteiger partial charge in [0.2, 0.25) is 5.91 Å². The number of carbonyl (C=O) groups excluding carboxylic acids is 1. The van der Waals surface area contributed by atoms with Gasteiger partial charge in [-0.2, -0.15) is 0 Å². The van der Waals surface area contributed by atoms with Gasteiger partial charge < -0.3 is 19.6 Å². The van der Waals surface area contributed by atoms with Crippen molar-refractivity contribution in [2.45, 2.75) is 51.5 Å². The van der Waals surface area contributed by atoms with Crippen LogP contribution in [-0.2, 0) is 11.3 Å². The number of methoxy groups -OCH3 is 1. The van der Waals surface area contributed by atoms with Crippen LogP contribution in [0.25, 0.3) is 21.9 Å². The third-order valence-corrected chi connectivity index (χ3v) is 6.25. The molecule has 0 saturated carbocycles. The molecule has 1 aliphatic rings. The average molecular weight is 429 g/mol. The first-order valence-corrected chi connectivity index (χ1v) is 11.1. The molecule has 1 fully saturated rings. The standard InChI is InChI=1S/C22H28N4O3S/c1-29-15-9-10-17-16(14-15)19-20(23-17)21(28)26(22(30)24-19)13-7-4-8-18(27)25-11-5-2-3-6-12-25/h9-10,14,23H,2-8,11-13H2,1H3,(H,24,30). The van der Waals surface area contributed by atoms with Gasteiger partial charge >= 0.3 is 0 Å². The fourth-order valence-electron chi connectivity index (χ4n) is 4.22. The minimum absolute atomic E-state index is 0.136. The van der Waals surface area contributed by atoms with Gasteiger partial charge in [0.15, 0.2) is 4.77 Å². The highest BCUT2D eigenvalue weighted by atomic mass is 32.1. The molecular formula is C22H28N4O3S. The minimum atomic E-state index is -0.136. The average Bonchev–Trinajstić information content (AvgIpc) is 2.92. The number of aromatic nitrogens is 3. The summed E-state index contributed by atoms with van der Waals surface area (Å²) in [7, 11) is 1.61. The monoisotopic (exact) mass is 428 g/mol. The van der Waals surface area contributed by atoms with Gasteiger partial charge in [0.25, 0.3) is 5.56 Å². The second-order valence-electron chi connectivity index (χ2n) is 7.93. The number of aromatic amines is 2. The maximum Gasteiger partial charge on any atom is 0.278 e. The van der Waals surface area contributed by atoms with Crippen LogP contribution < -0.4 is 10.3 Å². The highest BCUT2D eigenvalue weighted by Crippen LogP contribution is 2.26. The summed E-state index contributed by atoms with van der Waals surface area (Å²) < 4.78 is 7.27. The summed E-state index contributed by atoms with van der Waals surface area (Å²) in [6.07, 6.45) is 6.65. The van der Waals surface area contributed by atoms with Crippen molar-refractivity contribution in [3.63, 3.8) is 0 Å². The van der Waals surface area contributed by atoms with E-state index in [1.807, 2.05) is 23.1 Å². The van der Waals surface area contributed by atoms with Crippen LogP contribution in [0.5, 0.6) is 5.75 Å². The SMILES string of the molecule is COc1ccc2[nH]c3c(=O)n(CCCCC(=O)N4CCCCCC4)c(=S)[nH]c3c2c1. The Balaban J connectivity index is 1.46. The molecule has 7 nitrogen and oxygen atoms in total. The van der Waals surface area contributed by atoms with Gasteiger partial charge in [-0.05, 0) is 56.1 Å². The van der Waals surface area contributed by atoms with Crippen LogP contribution in [-0.4, -0.2) is 45.5 Å². The Kier molecular flexibility index (Phi) is 6.22. The zero-order chi connectivity index (χ0) is 21.1. The normalized spacial score (nSPS) is 14.9. The smallest absolute Gasteiger partial charge is 0.278 e. The molecule has 1 saturated heterocycles. The predicted molar refractivity (Wildman–Crippen MR) is 121 cm³/mol. The predicted octanol–water partition coefficient (Wildman–Crippen LogP) is 4.12. The van der Waals surface area contributed by atoms with E-state index in [1.165, 1.54) is 12.8 Å². The first-order valence-electron chi connectivity index (χ1n) is 10.7. The van der Waals surface area contributed by atoms with Crippen molar-refractivity contribution in [1.82, 2.24) is 19.4 Å². The van der Waals surface area contributed by atoms with Crippen LogP contribution in [0.4, 0.5) is 0 Å². The van der Waals surface area contributed by atoms with Gasteiger partial charge in [-0.15, -0.1) is 0 Å². The number of nitrogens with one attached hydrogen (secondary N) is 2. The van der Waals surface area contributed by atoms with E-state index in [1.54, 1.807) is 11.7 Å². The summed E-state index contributed by atoms with van der Waals surface area (Å²) in [6, 6.07) is 5.63. The molecule has 0 spiro atoms. The Labute approximate surface area is 180 Å². The van der Waals surface area contributed by atoms with E-state index in [0.717, 1.165) is 55.4 Å². The topological polar surface area (TPSA) is 83.1 Å². The lowest BCUT2D eigenvalue weighted by molar-refractivity contribution is -0.131. The van der Waals surface area contributed by atoms with Crippen molar-refractivity contribution in [2.24, 2.45) is 0 Å². The van der Waals surface area contributed by atoms with Crippen LogP contribution in [0.15, 0.2) is 23.0 Å². The van der Waals surface area contributed by atoms with Crippen molar-refractivity contribution in [2.75, 3.05) is 20.2 Å². The molecule has 3 aromatic rings. The molecule has 1 amide bonds. The number of nitrogens with zero attached hydrogens (tertiary/aromatic N) is 2. The van der Waals surface area contributed by atoms with Crippen molar-refractivity contribution >= 4 is 40.1 Å². The Morgan fingerprint density at radius 3 is 2.60 bits per heavy atom. The van der Waals surface area contributed by atoms with Crippen molar-refractivity contribution in [1.29, 1.82) is 0 Å². The molecule has 30 heavy (non-hydrogen) atoms. The number of H-pyrrole nitrogens is 2. The van der Waals surface area contributed by atoms with Gasteiger partial charge in [0.05, 0.1) is 12.6 Å². The molecule has 3 heterocycles. The molecule has 0 radical (unpaired) electrons. The largest absolute Gasteiger partial charge is 0.497 e. The van der Waals surface area contributed by atoms with Gasteiger partial charge in [-0.25, -0.2) is 0 Å². The lowest BCUT2D eigenvalue weighted by Gasteiger charge is -2.20. The van der Waals surface area contributed by atoms with Gasteiger partial charge in [0.1, 0.15) is 11.3 Å². The quantitative estimate of drug-likeness (QED) is 0.457. The van der Waals surface area contributed by atoms with Crippen LogP contribution in [0.1, 0.15) is 44.9 Å². The fraction of sp³-hybridized carbons (Fsp3) is 0.500. The summed E-state index contributed by atoms with van der Waals surface area (Å²) >= 11 is 5.46. The number of benzene rings is 1. The van der Waals surface area contributed by atoms with E-state index in [2.05, 4.69) is 9.97 Å². The molecule has 2 N–H and O–H groups in total. The summed E-state index contributed by atoms with van der Waals surface area (Å²) in [5.41, 5.74) is 1.93. The molecule has 4 rings (SSSR count). The zero-order valence-corrected chi connectivity index (χ0v) is 18.1. The zero-order valence-electron chi connectivity index (χ0n) is 17.3. The molecule has 1 aliphatic heterocycles. The molecule has 1 aromatic carbocycles. The Morgan fingerprint density at radius 1 is 1.10 bits per heavy atom. The summed E-state index contributed by atoms with van der Waals surface area (Å²) in [6.45, 7) is 2.26. The molecule has 8 heteroatoms. The lowest BCUT2D eigenvalue weighted by atomic mass is 10.2. The fourth-order valence-corrected chi connectivity index (χ4v) is 4.49. The Hall–Kier alpha value is -2.61. The summed E-state index contributed by atoms with van der Waals surface area (Å²) in [4.78, 5) is 33.9. The van der Waals surface area contributed by atoms with E-state index in [4.69, 9.17) is 17.0 Å². The summed E-state index contributed by atoms with van der Waals surface area (Å²) in [5.74, 6) is 0.954. The van der Waals surface area contributed by atoms with E-state index < -0.39 is 0 Å². The van der Waals surface area contributed by atoms with Gasteiger partial charge in [0, 0.05) is 37.0 Å². The number of carbonyl (C=O) groups is 1. The second kappa shape index (κ2) is 9.04. The number of hydrogen-bond donors (Lipinski definition) is 2. The number of hydrogen-bond acceptors (Lipinski definition) is 4. The Morgan fingerprint density at radius 2 is 1.87 bits per heavy atom. The van der Waals surface area contributed by atoms with Crippen LogP contribution in [0.3, 0.4) is 0 Å². The number of unbranched alkanes of at least 4 members (excludes halogenated alkanes) is 1. The van der Waals surface area contributed by atoms with Crippen molar-refractivity contribution in [3.8, 4) is 5.75 Å². The third-order valence-electron chi connectivity index (χ3n) is 5.92. The van der Waals surface area contributed by atoms with Gasteiger partial charge in [-0.1, -0.05) is 12.8 Å². The maximum atomic E-state index is 13.0. The van der Waals surface area contributed by atoms with Crippen LogP contribution >= 0.6 is 12.2 Å². The number of likely N-dealkylation sites (tertiary alicyclic amines) is 1. The number of fused-ring (bicyclic) bond motifs is 3. The van der Waals surface area contributed by atoms with E-state index in [9.17, 15) is 9.59 Å². The molecule has 0 bridgehead atoms. The number of amides is 1. The molecule has 0 unspecified atom stereocenters. The van der Waals surface area contributed by atoms with Crippen molar-refractivity contribution in [3.05, 3.63) is 33.3 Å². The molecule has 2 aromatic heterocycles. The van der Waals surface area contributed by atoms with E-state index in [0.29, 0.717) is 28.8 Å². The molecular weight excluding hydrogens is 400 g/mol. The van der Waals surface area contributed by atoms with Crippen LogP contribution in [0, 0.1) is 4.77 Å². The molecule has 0 atom stereocenters. The third kappa shape index (κ3) is 4.14. The van der Waals surface area contributed by atoms with E-state index >= 15 is 0 Å². The van der Waals surface area contributed by atoms with Gasteiger partial charge in [-0.3, -0.25) is 14.2 Å². The van der Waals surface area contributed by atoms with E-state index in [-0.39, 0.29) is 11.5 Å². The highest BCUT2D eigenvalue weighted by molar-refractivity contribution is 7.71. The molecule has 160 valence electrons. The summed E-state index contributed by atoms with van der Waals surface area (Å²) in [5, 5.41) is 0.878. The first kappa shape index (κ1) is 20.7. The number of rotatable bonds is 6. The maximum absolute atomic E-state index is 13.0. The minimum Gasteiger partial charge on any atom is -0.497 e. The first-order chi connectivity index (χ1) is 14.6. The van der Waals surface area contributed by atoms with Crippen molar-refractivity contribution < 1.29 is 9.53 Å². The van der Waals surface area contributed by atoms with Crippen LogP contribution in [0.2, 0.25) is 0 Å². The number of ether oxygens (including phenoxy) is 1. The Bertz CT molecular complexity index is 1170. The second-order valence-corrected chi connectivity index (χ2v) is 8.31.